The summed E-state index contributed by atoms with van der Waals surface area (Å²) in [6.07, 6.45) is 2.05. The fraction of sp³-hybridized carbons (Fsp3) is 0.833. The van der Waals surface area contributed by atoms with Crippen molar-refractivity contribution >= 4 is 5.91 Å². The number of hydrogen-bond acceptors (Lipinski definition) is 3. The lowest BCUT2D eigenvalue weighted by atomic mass is 10.2. The molecule has 0 saturated carbocycles. The molecule has 0 aromatic heterocycles. The maximum Gasteiger partial charge on any atom is 0.251 e. The topological polar surface area (TPSA) is 53.2 Å². The average Bonchev–Trinajstić information content (AvgIpc) is 2.38. The molecule has 0 aromatic rings. The Balaban J connectivity index is 2.25. The zero-order valence-electron chi connectivity index (χ0n) is 6.11. The molecule has 0 aromatic carbocycles. The zero-order chi connectivity index (χ0) is 7.40. The van der Waals surface area contributed by atoms with Crippen molar-refractivity contribution in [1.82, 2.24) is 16.2 Å². The molecule has 1 atom stereocenters. The van der Waals surface area contributed by atoms with E-state index in [0.717, 1.165) is 19.4 Å². The minimum atomic E-state index is 0.0208. The quantitative estimate of drug-likeness (QED) is 0.434. The second-order valence-electron chi connectivity index (χ2n) is 2.39. The summed E-state index contributed by atoms with van der Waals surface area (Å²) in [5.41, 5.74) is 5.14. The van der Waals surface area contributed by atoms with E-state index < -0.39 is 0 Å². The van der Waals surface area contributed by atoms with Gasteiger partial charge in [0.05, 0.1) is 6.04 Å². The molecule has 10 heavy (non-hydrogen) atoms. The minimum Gasteiger partial charge on any atom is -0.306 e. The number of hydrazine groups is 1. The monoisotopic (exact) mass is 143 g/mol. The van der Waals surface area contributed by atoms with Gasteiger partial charge in [0.15, 0.2) is 0 Å². The molecule has 3 N–H and O–H groups in total. The van der Waals surface area contributed by atoms with Crippen molar-refractivity contribution in [2.75, 3.05) is 13.6 Å². The van der Waals surface area contributed by atoms with Crippen LogP contribution >= 0.6 is 0 Å². The van der Waals surface area contributed by atoms with Crippen LogP contribution in [0.4, 0.5) is 0 Å². The van der Waals surface area contributed by atoms with Crippen LogP contribution in [0.5, 0.6) is 0 Å². The summed E-state index contributed by atoms with van der Waals surface area (Å²) < 4.78 is 0. The van der Waals surface area contributed by atoms with Crippen molar-refractivity contribution in [3.63, 3.8) is 0 Å². The second-order valence-corrected chi connectivity index (χ2v) is 2.39. The van der Waals surface area contributed by atoms with Crippen LogP contribution in [-0.2, 0) is 4.79 Å². The Morgan fingerprint density at radius 1 is 1.70 bits per heavy atom. The van der Waals surface area contributed by atoms with Gasteiger partial charge in [-0.2, -0.15) is 0 Å². The molecule has 0 aliphatic carbocycles. The molecular weight excluding hydrogens is 130 g/mol. The SMILES string of the molecule is CNNC(=O)C1CCCN1. The molecule has 1 heterocycles. The molecule has 0 bridgehead atoms. The molecule has 0 spiro atoms. The molecule has 1 rings (SSSR count). The second kappa shape index (κ2) is 3.53. The zero-order valence-corrected chi connectivity index (χ0v) is 6.11. The van der Waals surface area contributed by atoms with Crippen molar-refractivity contribution in [3.05, 3.63) is 0 Å². The van der Waals surface area contributed by atoms with Crippen LogP contribution in [0.15, 0.2) is 0 Å². The maximum atomic E-state index is 11.0. The van der Waals surface area contributed by atoms with E-state index in [4.69, 9.17) is 0 Å². The van der Waals surface area contributed by atoms with Gasteiger partial charge in [-0.1, -0.05) is 0 Å². The summed E-state index contributed by atoms with van der Waals surface area (Å²) in [5.74, 6) is 0.0417. The smallest absolute Gasteiger partial charge is 0.251 e. The minimum absolute atomic E-state index is 0.0208. The number of rotatable bonds is 2. The number of amides is 1. The lowest BCUT2D eigenvalue weighted by Crippen LogP contribution is -2.45. The van der Waals surface area contributed by atoms with E-state index in [-0.39, 0.29) is 11.9 Å². The summed E-state index contributed by atoms with van der Waals surface area (Å²) in [6.45, 7) is 0.960. The van der Waals surface area contributed by atoms with Crippen LogP contribution in [0.25, 0.3) is 0 Å². The molecule has 58 valence electrons. The Morgan fingerprint density at radius 2 is 2.50 bits per heavy atom. The molecule has 1 fully saturated rings. The van der Waals surface area contributed by atoms with Crippen LogP contribution in [0.2, 0.25) is 0 Å². The maximum absolute atomic E-state index is 11.0. The Morgan fingerprint density at radius 3 is 3.00 bits per heavy atom. The highest BCUT2D eigenvalue weighted by Gasteiger charge is 2.20. The van der Waals surface area contributed by atoms with Crippen LogP contribution in [0.1, 0.15) is 12.8 Å². The Labute approximate surface area is 60.3 Å². The number of nitrogens with one attached hydrogen (secondary N) is 3. The van der Waals surface area contributed by atoms with Crippen LogP contribution in [0.3, 0.4) is 0 Å². The van der Waals surface area contributed by atoms with Crippen molar-refractivity contribution < 1.29 is 4.79 Å². The summed E-state index contributed by atoms with van der Waals surface area (Å²) in [5, 5.41) is 3.09. The molecule has 4 nitrogen and oxygen atoms in total. The van der Waals surface area contributed by atoms with Gasteiger partial charge in [-0.15, -0.1) is 0 Å². The van der Waals surface area contributed by atoms with Crippen LogP contribution in [0, 0.1) is 0 Å². The van der Waals surface area contributed by atoms with E-state index in [1.54, 1.807) is 7.05 Å². The highest BCUT2D eigenvalue weighted by atomic mass is 16.2. The van der Waals surface area contributed by atoms with E-state index in [2.05, 4.69) is 16.2 Å². The summed E-state index contributed by atoms with van der Waals surface area (Å²) in [6, 6.07) is 0.0208. The van der Waals surface area contributed by atoms with Crippen molar-refractivity contribution in [2.24, 2.45) is 0 Å². The summed E-state index contributed by atoms with van der Waals surface area (Å²) in [7, 11) is 1.69. The van der Waals surface area contributed by atoms with Gasteiger partial charge in [-0.05, 0) is 19.4 Å². The highest BCUT2D eigenvalue weighted by molar-refractivity contribution is 5.81. The molecule has 1 unspecified atom stereocenters. The van der Waals surface area contributed by atoms with Gasteiger partial charge in [-0.3, -0.25) is 10.2 Å². The lowest BCUT2D eigenvalue weighted by molar-refractivity contribution is -0.123. The predicted molar refractivity (Wildman–Crippen MR) is 38.2 cm³/mol. The first kappa shape index (κ1) is 7.50. The van der Waals surface area contributed by atoms with E-state index in [1.807, 2.05) is 0 Å². The van der Waals surface area contributed by atoms with Gasteiger partial charge in [0.25, 0.3) is 5.91 Å². The highest BCUT2D eigenvalue weighted by Crippen LogP contribution is 2.03. The third-order valence-electron chi connectivity index (χ3n) is 1.63. The van der Waals surface area contributed by atoms with Crippen molar-refractivity contribution in [2.45, 2.75) is 18.9 Å². The number of carbonyl (C=O) groups is 1. The molecule has 0 radical (unpaired) electrons. The van der Waals surface area contributed by atoms with E-state index in [0.29, 0.717) is 0 Å². The molecule has 1 aliphatic rings. The lowest BCUT2D eigenvalue weighted by Gasteiger charge is -2.08. The Hall–Kier alpha value is -0.610. The fourth-order valence-electron chi connectivity index (χ4n) is 1.12. The van der Waals surface area contributed by atoms with E-state index in [1.165, 1.54) is 0 Å². The van der Waals surface area contributed by atoms with E-state index >= 15 is 0 Å². The molecule has 4 heteroatoms. The standard InChI is InChI=1S/C6H13N3O/c1-7-9-6(10)5-3-2-4-8-5/h5,7-8H,2-4H2,1H3,(H,9,10). The third kappa shape index (κ3) is 1.68. The van der Waals surface area contributed by atoms with Gasteiger partial charge in [0.2, 0.25) is 0 Å². The van der Waals surface area contributed by atoms with Gasteiger partial charge < -0.3 is 5.32 Å². The van der Waals surface area contributed by atoms with Crippen LogP contribution in [-0.4, -0.2) is 25.5 Å². The Bertz CT molecular complexity index is 120. The number of hydrogen-bond donors (Lipinski definition) is 3. The molecule has 1 aliphatic heterocycles. The fourth-order valence-corrected chi connectivity index (χ4v) is 1.12. The number of carbonyl (C=O) groups excluding carboxylic acids is 1. The van der Waals surface area contributed by atoms with Crippen molar-refractivity contribution in [3.8, 4) is 0 Å². The summed E-state index contributed by atoms with van der Waals surface area (Å²) >= 11 is 0. The molecular formula is C6H13N3O. The normalized spacial score (nSPS) is 24.7. The first-order chi connectivity index (χ1) is 4.84. The third-order valence-corrected chi connectivity index (χ3v) is 1.63. The van der Waals surface area contributed by atoms with Crippen molar-refractivity contribution in [1.29, 1.82) is 0 Å². The van der Waals surface area contributed by atoms with Gasteiger partial charge in [-0.25, -0.2) is 5.43 Å². The van der Waals surface area contributed by atoms with Crippen LogP contribution < -0.4 is 16.2 Å². The summed E-state index contributed by atoms with van der Waals surface area (Å²) in [4.78, 5) is 11.0. The molecule has 1 saturated heterocycles. The largest absolute Gasteiger partial charge is 0.306 e. The van der Waals surface area contributed by atoms with E-state index in [9.17, 15) is 4.79 Å². The van der Waals surface area contributed by atoms with Gasteiger partial charge >= 0.3 is 0 Å². The Kier molecular flexibility index (Phi) is 2.65. The first-order valence-electron chi connectivity index (χ1n) is 3.54. The molecule has 1 amide bonds. The average molecular weight is 143 g/mol. The first-order valence-corrected chi connectivity index (χ1v) is 3.54. The predicted octanol–water partition coefficient (Wildman–Crippen LogP) is -1.01. The van der Waals surface area contributed by atoms with Gasteiger partial charge in [0, 0.05) is 7.05 Å². The van der Waals surface area contributed by atoms with Gasteiger partial charge in [0.1, 0.15) is 0 Å².